The standard InChI is InChI=1S/C21H24N2O2/c22-15-19-7-4-14-23(19)21(25)13-12-20(24)18-10-8-17(9-11-18)16-5-2-1-3-6-16/h1-3,5-6,8-11,19H,4,7,12-15,22H2. The maximum absolute atomic E-state index is 12.4. The van der Waals surface area contributed by atoms with E-state index >= 15 is 0 Å². The van der Waals surface area contributed by atoms with Gasteiger partial charge in [0.1, 0.15) is 0 Å². The van der Waals surface area contributed by atoms with Gasteiger partial charge in [0.05, 0.1) is 0 Å². The van der Waals surface area contributed by atoms with Crippen molar-refractivity contribution in [2.45, 2.75) is 31.7 Å². The average molecular weight is 336 g/mol. The quantitative estimate of drug-likeness (QED) is 0.824. The summed E-state index contributed by atoms with van der Waals surface area (Å²) in [6, 6.07) is 17.8. The molecule has 0 aliphatic carbocycles. The van der Waals surface area contributed by atoms with Gasteiger partial charge in [-0.05, 0) is 24.0 Å². The van der Waals surface area contributed by atoms with Gasteiger partial charge < -0.3 is 10.6 Å². The molecule has 0 bridgehead atoms. The zero-order valence-electron chi connectivity index (χ0n) is 14.4. The number of rotatable bonds is 6. The Balaban J connectivity index is 1.57. The lowest BCUT2D eigenvalue weighted by atomic mass is 10.0. The van der Waals surface area contributed by atoms with Crippen molar-refractivity contribution >= 4 is 11.7 Å². The Morgan fingerprint density at radius 2 is 1.64 bits per heavy atom. The third kappa shape index (κ3) is 4.15. The molecule has 1 atom stereocenters. The predicted molar refractivity (Wildman–Crippen MR) is 99.2 cm³/mol. The van der Waals surface area contributed by atoms with Gasteiger partial charge in [-0.3, -0.25) is 9.59 Å². The van der Waals surface area contributed by atoms with Crippen LogP contribution in [0.25, 0.3) is 11.1 Å². The topological polar surface area (TPSA) is 63.4 Å². The third-order valence-corrected chi connectivity index (χ3v) is 4.85. The van der Waals surface area contributed by atoms with E-state index < -0.39 is 0 Å². The number of ketones is 1. The van der Waals surface area contributed by atoms with Crippen molar-refractivity contribution in [1.82, 2.24) is 4.90 Å². The van der Waals surface area contributed by atoms with Crippen molar-refractivity contribution < 1.29 is 9.59 Å². The maximum Gasteiger partial charge on any atom is 0.223 e. The van der Waals surface area contributed by atoms with Crippen LogP contribution in [0.4, 0.5) is 0 Å². The maximum atomic E-state index is 12.4. The van der Waals surface area contributed by atoms with Crippen LogP contribution in [0.1, 0.15) is 36.0 Å². The second-order valence-corrected chi connectivity index (χ2v) is 6.49. The number of Topliss-reactive ketones (excluding diaryl/α,β-unsaturated/α-hetero) is 1. The van der Waals surface area contributed by atoms with E-state index in [0.29, 0.717) is 12.1 Å². The number of likely N-dealkylation sites (tertiary alicyclic amines) is 1. The molecule has 1 amide bonds. The number of carbonyl (C=O) groups is 2. The van der Waals surface area contributed by atoms with Gasteiger partial charge in [0, 0.05) is 37.5 Å². The molecule has 1 fully saturated rings. The first-order chi connectivity index (χ1) is 12.2. The molecular weight excluding hydrogens is 312 g/mol. The Labute approximate surface area is 148 Å². The van der Waals surface area contributed by atoms with Gasteiger partial charge in [0.25, 0.3) is 0 Å². The first-order valence-corrected chi connectivity index (χ1v) is 8.87. The molecule has 4 heteroatoms. The smallest absolute Gasteiger partial charge is 0.223 e. The summed E-state index contributed by atoms with van der Waals surface area (Å²) >= 11 is 0. The second-order valence-electron chi connectivity index (χ2n) is 6.49. The highest BCUT2D eigenvalue weighted by molar-refractivity contribution is 5.98. The minimum absolute atomic E-state index is 0.0106. The summed E-state index contributed by atoms with van der Waals surface area (Å²) in [5.41, 5.74) is 8.57. The summed E-state index contributed by atoms with van der Waals surface area (Å²) in [6.45, 7) is 1.27. The van der Waals surface area contributed by atoms with Gasteiger partial charge in [0.15, 0.2) is 5.78 Å². The van der Waals surface area contributed by atoms with E-state index in [4.69, 9.17) is 5.73 Å². The van der Waals surface area contributed by atoms with E-state index in [-0.39, 0.29) is 30.6 Å². The molecule has 4 nitrogen and oxygen atoms in total. The molecule has 2 aromatic carbocycles. The molecule has 1 unspecified atom stereocenters. The van der Waals surface area contributed by atoms with Crippen LogP contribution in [0.2, 0.25) is 0 Å². The lowest BCUT2D eigenvalue weighted by Gasteiger charge is -2.23. The Bertz CT molecular complexity index is 725. The average Bonchev–Trinajstić information content (AvgIpc) is 3.15. The summed E-state index contributed by atoms with van der Waals surface area (Å²) in [5, 5.41) is 0. The van der Waals surface area contributed by atoms with E-state index in [2.05, 4.69) is 0 Å². The number of benzene rings is 2. The third-order valence-electron chi connectivity index (χ3n) is 4.85. The van der Waals surface area contributed by atoms with Crippen molar-refractivity contribution in [3.05, 3.63) is 60.2 Å². The summed E-state index contributed by atoms with van der Waals surface area (Å²) in [6.07, 6.45) is 2.48. The van der Waals surface area contributed by atoms with E-state index in [1.807, 2.05) is 59.5 Å². The Hall–Kier alpha value is -2.46. The highest BCUT2D eigenvalue weighted by atomic mass is 16.2. The number of nitrogens with two attached hydrogens (primary N) is 1. The number of amides is 1. The summed E-state index contributed by atoms with van der Waals surface area (Å²) < 4.78 is 0. The van der Waals surface area contributed by atoms with Crippen LogP contribution in [0.5, 0.6) is 0 Å². The van der Waals surface area contributed by atoms with E-state index in [9.17, 15) is 9.59 Å². The van der Waals surface area contributed by atoms with Crippen molar-refractivity contribution in [1.29, 1.82) is 0 Å². The van der Waals surface area contributed by atoms with Crippen LogP contribution in [0, 0.1) is 0 Å². The summed E-state index contributed by atoms with van der Waals surface area (Å²) in [5.74, 6) is 0.0543. The molecule has 25 heavy (non-hydrogen) atoms. The lowest BCUT2D eigenvalue weighted by Crippen LogP contribution is -2.39. The number of hydrogen-bond donors (Lipinski definition) is 1. The molecule has 1 aliphatic rings. The van der Waals surface area contributed by atoms with E-state index in [1.54, 1.807) is 0 Å². The molecule has 130 valence electrons. The second kappa shape index (κ2) is 8.08. The van der Waals surface area contributed by atoms with E-state index in [0.717, 1.165) is 30.5 Å². The summed E-state index contributed by atoms with van der Waals surface area (Å²) in [4.78, 5) is 26.5. The van der Waals surface area contributed by atoms with Crippen LogP contribution >= 0.6 is 0 Å². The van der Waals surface area contributed by atoms with Gasteiger partial charge >= 0.3 is 0 Å². The highest BCUT2D eigenvalue weighted by Crippen LogP contribution is 2.21. The molecule has 1 saturated heterocycles. The van der Waals surface area contributed by atoms with Crippen molar-refractivity contribution in [2.75, 3.05) is 13.1 Å². The largest absolute Gasteiger partial charge is 0.338 e. The SMILES string of the molecule is NCC1CCCN1C(=O)CCC(=O)c1ccc(-c2ccccc2)cc1. The minimum Gasteiger partial charge on any atom is -0.338 e. The normalized spacial score (nSPS) is 16.8. The van der Waals surface area contributed by atoms with Crippen molar-refractivity contribution in [3.8, 4) is 11.1 Å². The van der Waals surface area contributed by atoms with Gasteiger partial charge in [-0.15, -0.1) is 0 Å². The van der Waals surface area contributed by atoms with Crippen LogP contribution in [0.3, 0.4) is 0 Å². The highest BCUT2D eigenvalue weighted by Gasteiger charge is 2.27. The van der Waals surface area contributed by atoms with Gasteiger partial charge in [-0.2, -0.15) is 0 Å². The molecule has 2 aromatic rings. The molecule has 0 spiro atoms. The first-order valence-electron chi connectivity index (χ1n) is 8.87. The Morgan fingerprint density at radius 3 is 2.32 bits per heavy atom. The van der Waals surface area contributed by atoms with Gasteiger partial charge in [-0.25, -0.2) is 0 Å². The molecule has 0 saturated carbocycles. The van der Waals surface area contributed by atoms with Crippen LogP contribution in [-0.2, 0) is 4.79 Å². The number of carbonyl (C=O) groups excluding carboxylic acids is 2. The fraction of sp³-hybridized carbons (Fsp3) is 0.333. The lowest BCUT2D eigenvalue weighted by molar-refractivity contribution is -0.131. The van der Waals surface area contributed by atoms with Crippen LogP contribution in [-0.4, -0.2) is 35.7 Å². The number of nitrogens with zero attached hydrogens (tertiary/aromatic N) is 1. The van der Waals surface area contributed by atoms with Crippen LogP contribution in [0.15, 0.2) is 54.6 Å². The fourth-order valence-corrected chi connectivity index (χ4v) is 3.40. The minimum atomic E-state index is 0.0106. The molecule has 0 radical (unpaired) electrons. The zero-order valence-corrected chi connectivity index (χ0v) is 14.4. The molecular formula is C21H24N2O2. The van der Waals surface area contributed by atoms with Crippen LogP contribution < -0.4 is 5.73 Å². The Kier molecular flexibility index (Phi) is 5.61. The molecule has 2 N–H and O–H groups in total. The van der Waals surface area contributed by atoms with Crippen molar-refractivity contribution in [2.24, 2.45) is 5.73 Å². The first kappa shape index (κ1) is 17.4. The molecule has 0 aromatic heterocycles. The number of hydrogen-bond acceptors (Lipinski definition) is 3. The predicted octanol–water partition coefficient (Wildman–Crippen LogP) is 3.27. The monoisotopic (exact) mass is 336 g/mol. The zero-order chi connectivity index (χ0) is 17.6. The fourth-order valence-electron chi connectivity index (χ4n) is 3.40. The van der Waals surface area contributed by atoms with Gasteiger partial charge in [0.2, 0.25) is 5.91 Å². The Morgan fingerprint density at radius 1 is 0.960 bits per heavy atom. The molecule has 1 aliphatic heterocycles. The van der Waals surface area contributed by atoms with E-state index in [1.165, 1.54) is 0 Å². The van der Waals surface area contributed by atoms with Gasteiger partial charge in [-0.1, -0.05) is 54.6 Å². The van der Waals surface area contributed by atoms with Crippen molar-refractivity contribution in [3.63, 3.8) is 0 Å². The molecule has 1 heterocycles. The molecule has 3 rings (SSSR count). The summed E-state index contributed by atoms with van der Waals surface area (Å²) in [7, 11) is 0.